The maximum absolute atomic E-state index is 10.0. The fraction of sp³-hybridized carbons (Fsp3) is 0.368. The highest BCUT2D eigenvalue weighted by Gasteiger charge is 2.28. The van der Waals surface area contributed by atoms with Gasteiger partial charge in [-0.1, -0.05) is 6.07 Å². The lowest BCUT2D eigenvalue weighted by Crippen LogP contribution is -2.33. The predicted molar refractivity (Wildman–Crippen MR) is 90.0 cm³/mol. The van der Waals surface area contributed by atoms with E-state index in [4.69, 9.17) is 14.2 Å². The Labute approximate surface area is 141 Å². The van der Waals surface area contributed by atoms with Crippen LogP contribution in [-0.4, -0.2) is 37.5 Å². The molecule has 2 aliphatic heterocycles. The Kier molecular flexibility index (Phi) is 3.73. The molecule has 0 aromatic heterocycles. The van der Waals surface area contributed by atoms with Crippen LogP contribution in [0.1, 0.15) is 22.7 Å². The molecule has 0 spiro atoms. The average molecular weight is 327 g/mol. The number of likely N-dealkylation sites (N-methyl/N-ethyl adjacent to an activating group) is 1. The summed E-state index contributed by atoms with van der Waals surface area (Å²) >= 11 is 0. The van der Waals surface area contributed by atoms with Crippen LogP contribution in [0.15, 0.2) is 30.3 Å². The number of aromatic hydroxyl groups is 1. The van der Waals surface area contributed by atoms with Crippen LogP contribution in [-0.2, 0) is 12.8 Å². The summed E-state index contributed by atoms with van der Waals surface area (Å²) in [6.07, 6.45) is 1.83. The van der Waals surface area contributed by atoms with Crippen LogP contribution in [0.3, 0.4) is 0 Å². The zero-order valence-electron chi connectivity index (χ0n) is 13.9. The molecule has 0 fully saturated rings. The molecular formula is C19H21NO4. The number of nitrogens with zero attached hydrogens (tertiary/aromatic N) is 1. The van der Waals surface area contributed by atoms with Gasteiger partial charge in [-0.3, -0.25) is 4.90 Å². The predicted octanol–water partition coefficient (Wildman–Crippen LogP) is 2.90. The molecule has 1 N–H and O–H groups in total. The van der Waals surface area contributed by atoms with Gasteiger partial charge in [-0.15, -0.1) is 0 Å². The molecule has 0 saturated carbocycles. The van der Waals surface area contributed by atoms with Gasteiger partial charge in [0.05, 0.1) is 7.11 Å². The van der Waals surface area contributed by atoms with Crippen LogP contribution in [0, 0.1) is 0 Å². The minimum absolute atomic E-state index is 0.180. The van der Waals surface area contributed by atoms with Crippen molar-refractivity contribution in [2.75, 3.05) is 27.5 Å². The molecule has 2 aliphatic rings. The van der Waals surface area contributed by atoms with E-state index in [-0.39, 0.29) is 11.8 Å². The summed E-state index contributed by atoms with van der Waals surface area (Å²) in [7, 11) is 3.70. The van der Waals surface area contributed by atoms with Crippen molar-refractivity contribution in [3.05, 3.63) is 47.0 Å². The molecule has 0 aliphatic carbocycles. The number of phenols is 1. The highest BCUT2D eigenvalue weighted by atomic mass is 16.7. The van der Waals surface area contributed by atoms with Crippen LogP contribution in [0.2, 0.25) is 0 Å². The van der Waals surface area contributed by atoms with Gasteiger partial charge in [0.1, 0.15) is 0 Å². The quantitative estimate of drug-likeness (QED) is 0.939. The van der Waals surface area contributed by atoms with Crippen LogP contribution in [0.5, 0.6) is 23.0 Å². The first kappa shape index (κ1) is 15.1. The number of hydrogen-bond acceptors (Lipinski definition) is 5. The Morgan fingerprint density at radius 1 is 1.21 bits per heavy atom. The molecule has 0 bridgehead atoms. The van der Waals surface area contributed by atoms with Crippen molar-refractivity contribution in [1.82, 2.24) is 4.90 Å². The number of rotatable bonds is 3. The highest BCUT2D eigenvalue weighted by molar-refractivity contribution is 5.51. The number of benzene rings is 2. The fourth-order valence-corrected chi connectivity index (χ4v) is 3.57. The van der Waals surface area contributed by atoms with Gasteiger partial charge in [-0.2, -0.15) is 0 Å². The summed E-state index contributed by atoms with van der Waals surface area (Å²) in [5, 5.41) is 10.0. The zero-order chi connectivity index (χ0) is 16.7. The summed E-state index contributed by atoms with van der Waals surface area (Å²) in [6.45, 7) is 1.30. The molecule has 2 aromatic rings. The molecule has 24 heavy (non-hydrogen) atoms. The van der Waals surface area contributed by atoms with E-state index in [2.05, 4.69) is 24.1 Å². The van der Waals surface area contributed by atoms with Crippen molar-refractivity contribution in [3.63, 3.8) is 0 Å². The highest BCUT2D eigenvalue weighted by Crippen LogP contribution is 2.41. The van der Waals surface area contributed by atoms with Gasteiger partial charge in [0.15, 0.2) is 23.0 Å². The number of methoxy groups -OCH3 is 1. The smallest absolute Gasteiger partial charge is 0.231 e. The summed E-state index contributed by atoms with van der Waals surface area (Å²) in [6, 6.07) is 10.1. The number of ether oxygens (including phenoxy) is 3. The molecule has 5 heteroatoms. The first-order valence-electron chi connectivity index (χ1n) is 8.14. The molecule has 126 valence electrons. The minimum atomic E-state index is 0.180. The summed E-state index contributed by atoms with van der Waals surface area (Å²) in [4.78, 5) is 2.35. The van der Waals surface area contributed by atoms with Crippen LogP contribution in [0.4, 0.5) is 0 Å². The Morgan fingerprint density at radius 3 is 2.75 bits per heavy atom. The Hall–Kier alpha value is -2.40. The summed E-state index contributed by atoms with van der Waals surface area (Å²) in [5.41, 5.74) is 3.68. The Morgan fingerprint density at radius 2 is 2.00 bits per heavy atom. The zero-order valence-corrected chi connectivity index (χ0v) is 13.9. The van der Waals surface area contributed by atoms with Crippen molar-refractivity contribution in [2.24, 2.45) is 0 Å². The fourth-order valence-electron chi connectivity index (χ4n) is 3.57. The SMILES string of the molecule is COc1ccc(CC2c3cc4c(cc3CCN2C)OCO4)cc1O. The number of hydrogen-bond donors (Lipinski definition) is 1. The van der Waals surface area contributed by atoms with Gasteiger partial charge in [-0.25, -0.2) is 0 Å². The lowest BCUT2D eigenvalue weighted by molar-refractivity contribution is 0.174. The maximum Gasteiger partial charge on any atom is 0.231 e. The normalized spacial score (nSPS) is 19.2. The van der Waals surface area contributed by atoms with Crippen molar-refractivity contribution in [2.45, 2.75) is 18.9 Å². The molecule has 5 nitrogen and oxygen atoms in total. The minimum Gasteiger partial charge on any atom is -0.504 e. The van der Waals surface area contributed by atoms with Crippen molar-refractivity contribution < 1.29 is 19.3 Å². The second-order valence-corrected chi connectivity index (χ2v) is 6.36. The standard InChI is InChI=1S/C19H21NO4/c1-20-6-5-13-9-18-19(24-11-23-18)10-14(13)15(20)7-12-3-4-17(22-2)16(21)8-12/h3-4,8-10,15,21H,5-7,11H2,1-2H3. The lowest BCUT2D eigenvalue weighted by atomic mass is 9.88. The third kappa shape index (κ3) is 2.55. The molecule has 2 aromatic carbocycles. The Bertz CT molecular complexity index is 774. The van der Waals surface area contributed by atoms with Gasteiger partial charge in [0, 0.05) is 12.6 Å². The van der Waals surface area contributed by atoms with E-state index in [1.807, 2.05) is 12.1 Å². The van der Waals surface area contributed by atoms with Crippen LogP contribution >= 0.6 is 0 Å². The largest absolute Gasteiger partial charge is 0.504 e. The van der Waals surface area contributed by atoms with Crippen molar-refractivity contribution >= 4 is 0 Å². The maximum atomic E-state index is 10.0. The molecule has 0 radical (unpaired) electrons. The molecule has 1 unspecified atom stereocenters. The van der Waals surface area contributed by atoms with Gasteiger partial charge in [0.25, 0.3) is 0 Å². The van der Waals surface area contributed by atoms with E-state index in [9.17, 15) is 5.11 Å². The van der Waals surface area contributed by atoms with Crippen LogP contribution in [0.25, 0.3) is 0 Å². The monoisotopic (exact) mass is 327 g/mol. The van der Waals surface area contributed by atoms with Gasteiger partial charge in [0.2, 0.25) is 6.79 Å². The first-order chi connectivity index (χ1) is 11.7. The molecule has 1 atom stereocenters. The third-order valence-corrected chi connectivity index (χ3v) is 4.93. The van der Waals surface area contributed by atoms with Crippen molar-refractivity contribution in [3.8, 4) is 23.0 Å². The second-order valence-electron chi connectivity index (χ2n) is 6.36. The molecule has 2 heterocycles. The van der Waals surface area contributed by atoms with Gasteiger partial charge in [-0.05, 0) is 60.8 Å². The first-order valence-corrected chi connectivity index (χ1v) is 8.14. The van der Waals surface area contributed by atoms with Gasteiger partial charge >= 0.3 is 0 Å². The van der Waals surface area contributed by atoms with E-state index >= 15 is 0 Å². The second kappa shape index (κ2) is 5.91. The van der Waals surface area contributed by atoms with E-state index < -0.39 is 0 Å². The van der Waals surface area contributed by atoms with E-state index in [0.717, 1.165) is 36.4 Å². The topological polar surface area (TPSA) is 51.2 Å². The van der Waals surface area contributed by atoms with E-state index in [0.29, 0.717) is 12.5 Å². The van der Waals surface area contributed by atoms with E-state index in [1.54, 1.807) is 13.2 Å². The average Bonchev–Trinajstić information content (AvgIpc) is 3.03. The summed E-state index contributed by atoms with van der Waals surface area (Å²) in [5.74, 6) is 2.35. The van der Waals surface area contributed by atoms with Crippen molar-refractivity contribution in [1.29, 1.82) is 0 Å². The Balaban J connectivity index is 1.67. The number of fused-ring (bicyclic) bond motifs is 2. The molecule has 0 saturated heterocycles. The summed E-state index contributed by atoms with van der Waals surface area (Å²) < 4.78 is 16.2. The number of phenolic OH excluding ortho intramolecular Hbond substituents is 1. The molecular weight excluding hydrogens is 306 g/mol. The molecule has 4 rings (SSSR count). The lowest BCUT2D eigenvalue weighted by Gasteiger charge is -2.35. The van der Waals surface area contributed by atoms with E-state index in [1.165, 1.54) is 11.1 Å². The molecule has 0 amide bonds. The van der Waals surface area contributed by atoms with Crippen LogP contribution < -0.4 is 14.2 Å². The van der Waals surface area contributed by atoms with Gasteiger partial charge < -0.3 is 19.3 Å². The third-order valence-electron chi connectivity index (χ3n) is 4.93.